The Bertz CT molecular complexity index is 1140. The van der Waals surface area contributed by atoms with E-state index in [0.29, 0.717) is 56.3 Å². The molecule has 0 N–H and O–H groups in total. The minimum atomic E-state index is -0.512. The third-order valence-corrected chi connectivity index (χ3v) is 6.45. The molecule has 1 aliphatic heterocycles. The Hall–Kier alpha value is -3.41. The van der Waals surface area contributed by atoms with Gasteiger partial charge in [-0.3, -0.25) is 4.79 Å². The number of aryl methyl sites for hydroxylation is 1. The predicted molar refractivity (Wildman–Crippen MR) is 131 cm³/mol. The van der Waals surface area contributed by atoms with E-state index in [-0.39, 0.29) is 11.8 Å². The highest BCUT2D eigenvalue weighted by Crippen LogP contribution is 2.37. The van der Waals surface area contributed by atoms with Crippen LogP contribution in [0.2, 0.25) is 0 Å². The second-order valence-corrected chi connectivity index (χ2v) is 9.01. The molecule has 34 heavy (non-hydrogen) atoms. The second kappa shape index (κ2) is 10.2. The van der Waals surface area contributed by atoms with E-state index in [4.69, 9.17) is 9.47 Å². The van der Waals surface area contributed by atoms with Crippen LogP contribution in [0.5, 0.6) is 5.88 Å². The number of benzene rings is 2. The van der Waals surface area contributed by atoms with E-state index < -0.39 is 5.41 Å². The van der Waals surface area contributed by atoms with Gasteiger partial charge in [0.2, 0.25) is 5.88 Å². The number of piperidine rings is 1. The van der Waals surface area contributed by atoms with Gasteiger partial charge in [-0.05, 0) is 69.0 Å². The zero-order valence-corrected chi connectivity index (χ0v) is 20.0. The van der Waals surface area contributed by atoms with Crippen molar-refractivity contribution >= 4 is 11.7 Å². The van der Waals surface area contributed by atoms with Crippen molar-refractivity contribution in [1.82, 2.24) is 4.98 Å². The molecule has 178 valence electrons. The molecule has 0 saturated carbocycles. The number of aromatic nitrogens is 1. The Balaban J connectivity index is 1.51. The van der Waals surface area contributed by atoms with Crippen LogP contribution in [0.25, 0.3) is 11.1 Å². The molecule has 1 saturated heterocycles. The number of hydrogen-bond acceptors (Lipinski definition) is 5. The Morgan fingerprint density at radius 2 is 1.82 bits per heavy atom. The van der Waals surface area contributed by atoms with Gasteiger partial charge in [-0.15, -0.1) is 0 Å². The van der Waals surface area contributed by atoms with Gasteiger partial charge >= 0.3 is 5.97 Å². The van der Waals surface area contributed by atoms with Crippen molar-refractivity contribution in [2.45, 2.75) is 40.2 Å². The summed E-state index contributed by atoms with van der Waals surface area (Å²) in [5.74, 6) is 0.0198. The summed E-state index contributed by atoms with van der Waals surface area (Å²) in [6, 6.07) is 18.9. The highest BCUT2D eigenvalue weighted by molar-refractivity contribution is 5.77. The minimum absolute atomic E-state index is 0.166. The quantitative estimate of drug-likeness (QED) is 0.407. The largest absolute Gasteiger partial charge is 0.472 e. The summed E-state index contributed by atoms with van der Waals surface area (Å²) in [6.45, 7) is 7.62. The van der Waals surface area contributed by atoms with Crippen molar-refractivity contribution in [3.05, 3.63) is 77.7 Å². The molecular formula is C28H31FN2O3. The lowest BCUT2D eigenvalue weighted by atomic mass is 9.80. The fraction of sp³-hybridized carbons (Fsp3) is 0.357. The lowest BCUT2D eigenvalue weighted by molar-refractivity contribution is -0.155. The topological polar surface area (TPSA) is 51.7 Å². The Kier molecular flexibility index (Phi) is 7.15. The van der Waals surface area contributed by atoms with E-state index in [1.807, 2.05) is 74.2 Å². The average Bonchev–Trinajstić information content (AvgIpc) is 2.84. The molecule has 3 aromatic rings. The van der Waals surface area contributed by atoms with Crippen LogP contribution in [-0.4, -0.2) is 30.6 Å². The van der Waals surface area contributed by atoms with Gasteiger partial charge in [-0.2, -0.15) is 0 Å². The first kappa shape index (κ1) is 23.7. The summed E-state index contributed by atoms with van der Waals surface area (Å²) < 4.78 is 26.5. The highest BCUT2D eigenvalue weighted by atomic mass is 19.1. The Morgan fingerprint density at radius 3 is 2.50 bits per heavy atom. The van der Waals surface area contributed by atoms with Crippen molar-refractivity contribution in [2.75, 3.05) is 24.6 Å². The molecule has 2 aromatic carbocycles. The van der Waals surface area contributed by atoms with Gasteiger partial charge < -0.3 is 14.4 Å². The van der Waals surface area contributed by atoms with Crippen LogP contribution in [-0.2, 0) is 16.1 Å². The summed E-state index contributed by atoms with van der Waals surface area (Å²) >= 11 is 0. The number of hydrogen-bond donors (Lipinski definition) is 0. The van der Waals surface area contributed by atoms with Crippen molar-refractivity contribution in [1.29, 1.82) is 0 Å². The molecule has 0 spiro atoms. The summed E-state index contributed by atoms with van der Waals surface area (Å²) in [7, 11) is 0. The molecule has 0 amide bonds. The maximum Gasteiger partial charge on any atom is 0.311 e. The first-order valence-electron chi connectivity index (χ1n) is 11.8. The molecule has 4 rings (SSSR count). The number of carbonyl (C=O) groups is 1. The molecule has 1 fully saturated rings. The fourth-order valence-electron chi connectivity index (χ4n) is 4.27. The molecule has 0 bridgehead atoms. The number of halogens is 1. The van der Waals surface area contributed by atoms with Gasteiger partial charge in [-0.1, -0.05) is 36.4 Å². The fourth-order valence-corrected chi connectivity index (χ4v) is 4.27. The first-order valence-corrected chi connectivity index (χ1v) is 11.8. The number of nitrogens with zero attached hydrogens (tertiary/aromatic N) is 2. The lowest BCUT2D eigenvalue weighted by Gasteiger charge is -2.38. The van der Waals surface area contributed by atoms with E-state index in [2.05, 4.69) is 4.98 Å². The van der Waals surface area contributed by atoms with Crippen molar-refractivity contribution in [2.24, 2.45) is 5.41 Å². The zero-order valence-electron chi connectivity index (χ0n) is 20.0. The highest BCUT2D eigenvalue weighted by Gasteiger charge is 2.38. The minimum Gasteiger partial charge on any atom is -0.472 e. The third kappa shape index (κ3) is 5.22. The van der Waals surface area contributed by atoms with Crippen LogP contribution in [0, 0.1) is 18.2 Å². The van der Waals surface area contributed by atoms with Crippen LogP contribution < -0.4 is 9.64 Å². The van der Waals surface area contributed by atoms with Crippen molar-refractivity contribution in [3.63, 3.8) is 0 Å². The number of pyridine rings is 1. The Morgan fingerprint density at radius 1 is 1.09 bits per heavy atom. The molecule has 2 heterocycles. The summed E-state index contributed by atoms with van der Waals surface area (Å²) in [5, 5.41) is 0. The number of rotatable bonds is 7. The van der Waals surface area contributed by atoms with Crippen molar-refractivity contribution in [3.8, 4) is 17.0 Å². The number of carbonyl (C=O) groups excluding carboxylic acids is 1. The van der Waals surface area contributed by atoms with E-state index in [9.17, 15) is 4.79 Å². The van der Waals surface area contributed by atoms with Crippen LogP contribution in [0.15, 0.2) is 60.7 Å². The molecule has 0 atom stereocenters. The van der Waals surface area contributed by atoms with Gasteiger partial charge in [0.05, 0.1) is 17.7 Å². The molecular weight excluding hydrogens is 431 g/mol. The molecule has 0 unspecified atom stereocenters. The third-order valence-electron chi connectivity index (χ3n) is 6.45. The van der Waals surface area contributed by atoms with Crippen molar-refractivity contribution < 1.29 is 18.7 Å². The molecule has 5 nitrogen and oxygen atoms in total. The van der Waals surface area contributed by atoms with Crippen LogP contribution in [0.4, 0.5) is 10.1 Å². The lowest BCUT2D eigenvalue weighted by Crippen LogP contribution is -2.43. The van der Waals surface area contributed by atoms with Crippen LogP contribution in [0.3, 0.4) is 0 Å². The van der Waals surface area contributed by atoms with Gasteiger partial charge in [0, 0.05) is 24.3 Å². The first-order chi connectivity index (χ1) is 16.4. The summed E-state index contributed by atoms with van der Waals surface area (Å²) in [4.78, 5) is 18.9. The number of anilines is 1. The Labute approximate surface area is 200 Å². The molecule has 6 heteroatoms. The van der Waals surface area contributed by atoms with Crippen LogP contribution in [0.1, 0.15) is 37.9 Å². The normalized spacial score (nSPS) is 15.1. The summed E-state index contributed by atoms with van der Waals surface area (Å²) in [5.41, 5.74) is 3.37. The molecule has 0 aliphatic carbocycles. The second-order valence-electron chi connectivity index (χ2n) is 9.01. The summed E-state index contributed by atoms with van der Waals surface area (Å²) in [6.07, 6.45) is 1.26. The van der Waals surface area contributed by atoms with E-state index >= 15 is 4.39 Å². The van der Waals surface area contributed by atoms with Gasteiger partial charge in [-0.25, -0.2) is 9.37 Å². The SMILES string of the molecule is CCOC(=O)C1(C)CCN(c2ccc(-c3ccc(C)nc3OCc3ccccc3)cc2F)CC1. The van der Waals surface area contributed by atoms with Crippen LogP contribution >= 0.6 is 0 Å². The molecule has 1 aliphatic rings. The average molecular weight is 463 g/mol. The van der Waals surface area contributed by atoms with E-state index in [1.54, 1.807) is 6.07 Å². The standard InChI is InChI=1S/C28H31FN2O3/c1-4-33-27(32)28(3)14-16-31(17-15-28)25-13-11-22(18-24(25)29)23-12-10-20(2)30-26(23)34-19-21-8-6-5-7-9-21/h5-13,18H,4,14-17,19H2,1-3H3. The van der Waals surface area contributed by atoms with E-state index in [1.165, 1.54) is 6.07 Å². The van der Waals surface area contributed by atoms with Gasteiger partial charge in [0.1, 0.15) is 12.4 Å². The zero-order chi connectivity index (χ0) is 24.1. The maximum absolute atomic E-state index is 15.3. The van der Waals surface area contributed by atoms with Gasteiger partial charge in [0.15, 0.2) is 0 Å². The number of esters is 1. The number of ether oxygens (including phenoxy) is 2. The molecule has 1 aromatic heterocycles. The maximum atomic E-state index is 15.3. The monoisotopic (exact) mass is 462 g/mol. The van der Waals surface area contributed by atoms with Gasteiger partial charge in [0.25, 0.3) is 0 Å². The predicted octanol–water partition coefficient (Wildman–Crippen LogP) is 5.94. The molecule has 0 radical (unpaired) electrons. The smallest absolute Gasteiger partial charge is 0.311 e. The van der Waals surface area contributed by atoms with E-state index in [0.717, 1.165) is 16.8 Å².